The summed E-state index contributed by atoms with van der Waals surface area (Å²) in [6.45, 7) is 4.56. The van der Waals surface area contributed by atoms with Gasteiger partial charge in [0.05, 0.1) is 24.2 Å². The van der Waals surface area contributed by atoms with Crippen molar-refractivity contribution in [3.8, 4) is 17.0 Å². The van der Waals surface area contributed by atoms with Crippen molar-refractivity contribution < 1.29 is 68.9 Å². The Morgan fingerprint density at radius 2 is 1.24 bits per heavy atom. The molecule has 10 N–H and O–H groups in total. The van der Waals surface area contributed by atoms with Crippen LogP contribution in [0.1, 0.15) is 42.2 Å². The highest BCUT2D eigenvalue weighted by molar-refractivity contribution is 6.07. The number of anilines is 2. The normalized spacial score (nSPS) is 16.3. The number of carboxylic acids is 6. The largest absolute Gasteiger partial charge is 0.495 e. The van der Waals surface area contributed by atoms with Crippen molar-refractivity contribution >= 4 is 75.2 Å². The van der Waals surface area contributed by atoms with Crippen molar-refractivity contribution in [2.75, 3.05) is 51.4 Å². The van der Waals surface area contributed by atoms with Crippen LogP contribution in [0.3, 0.4) is 0 Å². The van der Waals surface area contributed by atoms with Gasteiger partial charge in [0.2, 0.25) is 0 Å². The molecule has 354 valence electrons. The summed E-state index contributed by atoms with van der Waals surface area (Å²) in [4.78, 5) is 87.6. The van der Waals surface area contributed by atoms with Gasteiger partial charge in [-0.1, -0.05) is 24.3 Å². The number of aromatic amines is 1. The number of nitrogens with zero attached hydrogens (tertiary/aromatic N) is 6. The predicted octanol–water partition coefficient (Wildman–Crippen LogP) is 3.68. The molecule has 0 atom stereocenters. The van der Waals surface area contributed by atoms with Gasteiger partial charge in [0.25, 0.3) is 5.91 Å². The summed E-state index contributed by atoms with van der Waals surface area (Å²) in [6, 6.07) is 16.1. The molecule has 1 saturated heterocycles. The lowest BCUT2D eigenvalue weighted by Gasteiger charge is -2.41. The lowest BCUT2D eigenvalue weighted by molar-refractivity contribution is -0.134. The summed E-state index contributed by atoms with van der Waals surface area (Å²) < 4.78 is 7.77. The van der Waals surface area contributed by atoms with Gasteiger partial charge in [0, 0.05) is 85.1 Å². The highest BCUT2D eigenvalue weighted by Gasteiger charge is 2.31. The first kappa shape index (κ1) is 51.2. The van der Waals surface area contributed by atoms with Gasteiger partial charge < -0.3 is 56.3 Å². The zero-order chi connectivity index (χ0) is 49.2. The van der Waals surface area contributed by atoms with Crippen LogP contribution >= 0.6 is 0 Å². The average Bonchev–Trinajstić information content (AvgIpc) is 3.92. The molecule has 0 spiro atoms. The van der Waals surface area contributed by atoms with Gasteiger partial charge in [0.1, 0.15) is 29.3 Å². The number of aromatic nitrogens is 5. The molecule has 1 saturated carbocycles. The van der Waals surface area contributed by atoms with Crippen LogP contribution in [0.2, 0.25) is 0 Å². The Bertz CT molecular complexity index is 2510. The summed E-state index contributed by atoms with van der Waals surface area (Å²) in [6.07, 6.45) is 9.23. The van der Waals surface area contributed by atoms with Crippen LogP contribution in [0.4, 0.5) is 11.5 Å². The number of rotatable bonds is 12. The summed E-state index contributed by atoms with van der Waals surface area (Å²) in [5.41, 5.74) is 10.6. The van der Waals surface area contributed by atoms with Gasteiger partial charge in [-0.2, -0.15) is 5.10 Å². The van der Waals surface area contributed by atoms with Crippen LogP contribution in [0.25, 0.3) is 33.2 Å². The number of aliphatic carboxylic acids is 6. The van der Waals surface area contributed by atoms with Crippen LogP contribution in [0.5, 0.6) is 5.75 Å². The highest BCUT2D eigenvalue weighted by Crippen LogP contribution is 2.39. The van der Waals surface area contributed by atoms with Crippen molar-refractivity contribution in [3.05, 3.63) is 97.0 Å². The Balaban J connectivity index is 0.000000336. The summed E-state index contributed by atoms with van der Waals surface area (Å²) >= 11 is 0. The van der Waals surface area contributed by atoms with Gasteiger partial charge in [-0.25, -0.2) is 43.4 Å². The molecule has 3 aromatic heterocycles. The van der Waals surface area contributed by atoms with Gasteiger partial charge in [-0.3, -0.25) is 9.69 Å². The van der Waals surface area contributed by atoms with Gasteiger partial charge >= 0.3 is 35.8 Å². The van der Waals surface area contributed by atoms with E-state index in [-0.39, 0.29) is 11.9 Å². The lowest BCUT2D eigenvalue weighted by Crippen LogP contribution is -2.49. The maximum Gasteiger partial charge on any atom is 0.328 e. The number of carbonyl (C=O) groups excluding carboxylic acids is 1. The zero-order valence-corrected chi connectivity index (χ0v) is 36.2. The first-order valence-corrected chi connectivity index (χ1v) is 20.3. The van der Waals surface area contributed by atoms with Crippen molar-refractivity contribution in [1.82, 2.24) is 34.5 Å². The molecular weight excluding hydrogens is 879 g/mol. The third kappa shape index (κ3) is 15.6. The smallest absolute Gasteiger partial charge is 0.328 e. The number of amides is 1. The molecule has 4 heterocycles. The first-order valence-electron chi connectivity index (χ1n) is 20.3. The van der Waals surface area contributed by atoms with Crippen LogP contribution < -0.4 is 15.8 Å². The van der Waals surface area contributed by atoms with E-state index in [4.69, 9.17) is 46.2 Å². The second-order valence-electron chi connectivity index (χ2n) is 14.7. The van der Waals surface area contributed by atoms with Gasteiger partial charge in [-0.05, 0) is 57.0 Å². The van der Waals surface area contributed by atoms with E-state index in [1.807, 2.05) is 48.5 Å². The molecule has 0 radical (unpaired) electrons. The van der Waals surface area contributed by atoms with Gasteiger partial charge in [-0.15, -0.1) is 0 Å². The maximum absolute atomic E-state index is 13.1. The molecule has 23 nitrogen and oxygen atoms in total. The number of para-hydroxylation sites is 1. The third-order valence-electron chi connectivity index (χ3n) is 10.2. The second kappa shape index (κ2) is 24.6. The lowest BCUT2D eigenvalue weighted by atomic mass is 9.90. The topological polar surface area (TPSA) is 354 Å². The number of piperazine rings is 1. The molecule has 2 fully saturated rings. The Hall–Kier alpha value is -8.44. The number of methoxy groups -OCH3 is 1. The number of nitrogens with one attached hydrogen (secondary N) is 2. The summed E-state index contributed by atoms with van der Waals surface area (Å²) in [7, 11) is 3.79. The number of hydrogen-bond acceptors (Lipinski definition) is 14. The summed E-state index contributed by atoms with van der Waals surface area (Å²) in [5, 5.41) is 56.7. The van der Waals surface area contributed by atoms with Crippen LogP contribution in [-0.2, 0) is 28.8 Å². The third-order valence-corrected chi connectivity index (χ3v) is 10.2. The Morgan fingerprint density at radius 3 is 1.75 bits per heavy atom. The number of carboxylic acid groups (broad SMARTS) is 6. The fourth-order valence-corrected chi connectivity index (χ4v) is 7.06. The fourth-order valence-electron chi connectivity index (χ4n) is 7.06. The Morgan fingerprint density at radius 1 is 0.716 bits per heavy atom. The summed E-state index contributed by atoms with van der Waals surface area (Å²) in [5.74, 6) is -6.87. The average molecular weight is 928 g/mol. The molecule has 1 amide bonds. The monoisotopic (exact) mass is 927 g/mol. The molecule has 0 unspecified atom stereocenters. The minimum absolute atomic E-state index is 0.242. The molecule has 2 aromatic carbocycles. The molecule has 5 aromatic rings. The van der Waals surface area contributed by atoms with E-state index in [1.54, 1.807) is 7.11 Å². The number of hydrogen-bond donors (Lipinski definition) is 9. The first-order chi connectivity index (χ1) is 31.9. The molecule has 1 aliphatic heterocycles. The number of carbonyl (C=O) groups is 7. The van der Waals surface area contributed by atoms with E-state index >= 15 is 0 Å². The quantitative estimate of drug-likeness (QED) is 0.0806. The second-order valence-corrected chi connectivity index (χ2v) is 14.7. The molecule has 2 aliphatic rings. The van der Waals surface area contributed by atoms with Crippen molar-refractivity contribution in [3.63, 3.8) is 0 Å². The minimum Gasteiger partial charge on any atom is -0.495 e. The van der Waals surface area contributed by atoms with Gasteiger partial charge in [0.15, 0.2) is 5.65 Å². The van der Waals surface area contributed by atoms with Crippen LogP contribution in [0.15, 0.2) is 91.3 Å². The molecule has 7 rings (SSSR count). The number of likely N-dealkylation sites (N-methyl/N-ethyl adjacent to an activating group) is 1. The van der Waals surface area contributed by atoms with E-state index in [1.165, 1.54) is 6.33 Å². The van der Waals surface area contributed by atoms with Crippen molar-refractivity contribution in [2.45, 2.75) is 37.8 Å². The SMILES string of the molecule is COc1cc(-c2nn(C3CCC(N4CCN(C)CC4)CC3)c3ncnc(N)c23)ccc1NC(=O)c1cc2ccccc2[nH]1.O=C(O)/C=C\C(=O)O.O=C(O)/C=C\C(=O)O.O=C(O)/C=C\C(=O)O. The van der Waals surface area contributed by atoms with Crippen LogP contribution in [0, 0.1) is 0 Å². The molecule has 23 heteroatoms. The number of nitrogens with two attached hydrogens (primary N) is 1. The fraction of sp³-hybridized carbons (Fsp3) is 0.273. The predicted molar refractivity (Wildman–Crippen MR) is 242 cm³/mol. The van der Waals surface area contributed by atoms with Crippen molar-refractivity contribution in [1.29, 1.82) is 0 Å². The van der Waals surface area contributed by atoms with E-state index in [2.05, 4.69) is 41.8 Å². The van der Waals surface area contributed by atoms with Crippen LogP contribution in [-0.4, -0.2) is 153 Å². The van der Waals surface area contributed by atoms with E-state index < -0.39 is 35.8 Å². The minimum atomic E-state index is -1.26. The molecule has 0 bridgehead atoms. The number of ether oxygens (including phenoxy) is 1. The highest BCUT2D eigenvalue weighted by atomic mass is 16.5. The Kier molecular flexibility index (Phi) is 18.8. The molecule has 67 heavy (non-hydrogen) atoms. The molecule has 1 aliphatic carbocycles. The standard InChI is InChI=1S/C32H37N9O2.3C4H4O4/c1-39-13-15-40(16-14-39)22-8-10-23(11-9-22)41-31-28(30(33)34-19-35-31)29(38-41)21-7-12-25(27(18-21)43-2)37-32(42)26-17-20-5-3-4-6-24(20)36-26;3*5-3(6)1-2-4(7)8/h3-7,12,17-19,22-23,36H,8-11,13-16H2,1-2H3,(H,37,42)(H2,33,34,35);3*1-2H,(H,5,6)(H,7,8)/b;3*2-1-. The van der Waals surface area contributed by atoms with Crippen molar-refractivity contribution in [2.24, 2.45) is 0 Å². The van der Waals surface area contributed by atoms with E-state index in [0.29, 0.717) is 71.1 Å². The van der Waals surface area contributed by atoms with E-state index in [9.17, 15) is 33.6 Å². The zero-order valence-electron chi connectivity index (χ0n) is 36.2. The Labute approximate surface area is 381 Å². The number of fused-ring (bicyclic) bond motifs is 2. The van der Waals surface area contributed by atoms with E-state index in [0.717, 1.165) is 79.4 Å². The number of nitrogen functional groups attached to an aromatic ring is 1. The number of H-pyrrole nitrogens is 1. The maximum atomic E-state index is 13.1. The number of benzene rings is 2. The molecular formula is C44H49N9O14.